The molecule has 1 N–H and O–H groups in total. The third-order valence-electron chi connectivity index (χ3n) is 6.31. The first kappa shape index (κ1) is 17.8. The van der Waals surface area contributed by atoms with Crippen LogP contribution in [-0.2, 0) is 16.0 Å². The lowest BCUT2D eigenvalue weighted by molar-refractivity contribution is -0.147. The number of carbonyl (C=O) groups excluding carboxylic acids is 2. The summed E-state index contributed by atoms with van der Waals surface area (Å²) in [6.45, 7) is 3.06. The number of hydrogen-bond acceptors (Lipinski definition) is 4. The fraction of sp³-hybridized carbons (Fsp3) is 0.778. The highest BCUT2D eigenvalue weighted by atomic mass is 35.5. The van der Waals surface area contributed by atoms with Gasteiger partial charge in [-0.15, -0.1) is 5.10 Å². The van der Waals surface area contributed by atoms with Crippen molar-refractivity contribution in [3.8, 4) is 0 Å². The Kier molecular flexibility index (Phi) is 4.90. The van der Waals surface area contributed by atoms with Crippen LogP contribution in [0.3, 0.4) is 0 Å². The summed E-state index contributed by atoms with van der Waals surface area (Å²) in [6, 6.07) is 0. The highest BCUT2D eigenvalue weighted by molar-refractivity contribution is 6.28. The van der Waals surface area contributed by atoms with Crippen molar-refractivity contribution in [3.05, 3.63) is 11.1 Å². The summed E-state index contributed by atoms with van der Waals surface area (Å²) < 4.78 is 0. The molecule has 1 spiro atoms. The van der Waals surface area contributed by atoms with Crippen LogP contribution in [0.1, 0.15) is 50.8 Å². The van der Waals surface area contributed by atoms with Crippen LogP contribution < -0.4 is 0 Å². The van der Waals surface area contributed by atoms with E-state index in [1.165, 1.54) is 19.3 Å². The first-order valence-electron chi connectivity index (χ1n) is 9.70. The molecule has 3 aliphatic rings. The number of aromatic amines is 1. The molecule has 0 unspecified atom stereocenters. The number of aromatic nitrogens is 3. The zero-order chi connectivity index (χ0) is 18.1. The second-order valence-corrected chi connectivity index (χ2v) is 8.39. The highest BCUT2D eigenvalue weighted by Crippen LogP contribution is 2.41. The summed E-state index contributed by atoms with van der Waals surface area (Å²) in [5.74, 6) is 1.69. The summed E-state index contributed by atoms with van der Waals surface area (Å²) >= 11 is 5.69. The molecule has 8 heteroatoms. The van der Waals surface area contributed by atoms with E-state index in [1.807, 2.05) is 4.90 Å². The molecule has 2 saturated heterocycles. The van der Waals surface area contributed by atoms with Gasteiger partial charge in [0.15, 0.2) is 0 Å². The zero-order valence-electron chi connectivity index (χ0n) is 15.0. The van der Waals surface area contributed by atoms with E-state index in [2.05, 4.69) is 20.1 Å². The van der Waals surface area contributed by atoms with Gasteiger partial charge in [-0.3, -0.25) is 14.7 Å². The number of piperidine rings is 1. The fourth-order valence-corrected chi connectivity index (χ4v) is 4.69. The minimum Gasteiger partial charge on any atom is -0.342 e. The first-order valence-corrected chi connectivity index (χ1v) is 10.1. The van der Waals surface area contributed by atoms with Crippen molar-refractivity contribution in [1.82, 2.24) is 25.0 Å². The van der Waals surface area contributed by atoms with Crippen molar-refractivity contribution in [2.45, 2.75) is 51.4 Å². The number of amides is 2. The zero-order valence-corrected chi connectivity index (χ0v) is 15.8. The summed E-state index contributed by atoms with van der Waals surface area (Å²) in [5, 5.41) is 6.67. The van der Waals surface area contributed by atoms with E-state index in [-0.39, 0.29) is 22.5 Å². The predicted molar refractivity (Wildman–Crippen MR) is 96.5 cm³/mol. The Labute approximate surface area is 158 Å². The molecule has 2 aliphatic heterocycles. The Hall–Kier alpha value is -1.63. The Morgan fingerprint density at radius 1 is 1.27 bits per heavy atom. The number of likely N-dealkylation sites (tertiary alicyclic amines) is 2. The van der Waals surface area contributed by atoms with Gasteiger partial charge in [0.05, 0.1) is 5.41 Å². The van der Waals surface area contributed by atoms with Gasteiger partial charge in [0.25, 0.3) is 0 Å². The first-order chi connectivity index (χ1) is 12.6. The highest BCUT2D eigenvalue weighted by Gasteiger charge is 2.49. The smallest absolute Gasteiger partial charge is 0.242 e. The number of carbonyl (C=O) groups is 2. The van der Waals surface area contributed by atoms with Crippen LogP contribution >= 0.6 is 11.6 Å². The quantitative estimate of drug-likeness (QED) is 0.848. The van der Waals surface area contributed by atoms with Gasteiger partial charge in [-0.25, -0.2) is 4.98 Å². The van der Waals surface area contributed by atoms with Crippen molar-refractivity contribution in [3.63, 3.8) is 0 Å². The molecule has 4 rings (SSSR count). The lowest BCUT2D eigenvalue weighted by atomic mass is 9.77. The Balaban J connectivity index is 1.33. The van der Waals surface area contributed by atoms with Crippen molar-refractivity contribution in [1.29, 1.82) is 0 Å². The van der Waals surface area contributed by atoms with Crippen LogP contribution in [0.25, 0.3) is 0 Å². The minimum absolute atomic E-state index is 0.0818. The Bertz CT molecular complexity index is 689. The van der Waals surface area contributed by atoms with Crippen molar-refractivity contribution >= 4 is 23.4 Å². The van der Waals surface area contributed by atoms with Crippen molar-refractivity contribution < 1.29 is 9.59 Å². The molecule has 142 valence electrons. The number of nitrogens with zero attached hydrogens (tertiary/aromatic N) is 4. The van der Waals surface area contributed by atoms with Crippen LogP contribution in [-0.4, -0.2) is 63.0 Å². The topological polar surface area (TPSA) is 82.2 Å². The molecular formula is C18H26ClN5O2. The molecule has 3 fully saturated rings. The standard InChI is InChI=1S/C18H26ClN5O2/c19-17-20-14(21-22-17)5-6-15(25)24-10-8-18(12-24)7-2-9-23(16(18)26)11-13-3-1-4-13/h13H,1-12H2,(H,20,21,22)/t18-/m1/s1. The van der Waals surface area contributed by atoms with E-state index in [4.69, 9.17) is 11.6 Å². The number of halogens is 1. The van der Waals surface area contributed by atoms with Gasteiger partial charge in [0, 0.05) is 39.0 Å². The molecule has 1 aromatic rings. The predicted octanol–water partition coefficient (Wildman–Crippen LogP) is 2.03. The average molecular weight is 380 g/mol. The van der Waals surface area contributed by atoms with E-state index >= 15 is 0 Å². The van der Waals surface area contributed by atoms with Crippen LogP contribution in [0.15, 0.2) is 0 Å². The van der Waals surface area contributed by atoms with Gasteiger partial charge in [-0.1, -0.05) is 6.42 Å². The van der Waals surface area contributed by atoms with Crippen LogP contribution in [0.4, 0.5) is 0 Å². The molecule has 26 heavy (non-hydrogen) atoms. The van der Waals surface area contributed by atoms with E-state index in [0.717, 1.165) is 32.4 Å². The normalized spacial score (nSPS) is 26.6. The number of aryl methyl sites for hydroxylation is 1. The number of H-pyrrole nitrogens is 1. The lowest BCUT2D eigenvalue weighted by Gasteiger charge is -2.42. The van der Waals surface area contributed by atoms with E-state index < -0.39 is 0 Å². The molecular weight excluding hydrogens is 354 g/mol. The van der Waals surface area contributed by atoms with E-state index in [0.29, 0.717) is 37.7 Å². The monoisotopic (exact) mass is 379 g/mol. The molecule has 0 aromatic carbocycles. The Morgan fingerprint density at radius 3 is 2.81 bits per heavy atom. The van der Waals surface area contributed by atoms with Gasteiger partial charge < -0.3 is 9.80 Å². The third-order valence-corrected chi connectivity index (χ3v) is 6.48. The molecule has 1 aromatic heterocycles. The number of rotatable bonds is 5. The van der Waals surface area contributed by atoms with E-state index in [1.54, 1.807) is 0 Å². The summed E-state index contributed by atoms with van der Waals surface area (Å²) in [5.41, 5.74) is -0.340. The fourth-order valence-electron chi connectivity index (χ4n) is 4.54. The van der Waals surface area contributed by atoms with Gasteiger partial charge in [-0.2, -0.15) is 0 Å². The average Bonchev–Trinajstić information content (AvgIpc) is 3.20. The molecule has 7 nitrogen and oxygen atoms in total. The summed E-state index contributed by atoms with van der Waals surface area (Å²) in [7, 11) is 0. The number of nitrogens with one attached hydrogen (secondary N) is 1. The molecule has 1 saturated carbocycles. The Morgan fingerprint density at radius 2 is 2.12 bits per heavy atom. The molecule has 1 aliphatic carbocycles. The van der Waals surface area contributed by atoms with Crippen LogP contribution in [0, 0.1) is 11.3 Å². The maximum atomic E-state index is 13.1. The van der Waals surface area contributed by atoms with E-state index in [9.17, 15) is 9.59 Å². The third kappa shape index (κ3) is 3.46. The van der Waals surface area contributed by atoms with Crippen LogP contribution in [0.5, 0.6) is 0 Å². The van der Waals surface area contributed by atoms with Gasteiger partial charge in [0.1, 0.15) is 5.82 Å². The SMILES string of the molecule is O=C(CCc1nc(Cl)n[nH]1)N1CC[C@]2(CCCN(CC3CCC3)C2=O)C1. The maximum Gasteiger partial charge on any atom is 0.242 e. The lowest BCUT2D eigenvalue weighted by Crippen LogP contribution is -2.52. The van der Waals surface area contributed by atoms with Crippen molar-refractivity contribution in [2.75, 3.05) is 26.2 Å². The maximum absolute atomic E-state index is 13.1. The van der Waals surface area contributed by atoms with Gasteiger partial charge >= 0.3 is 0 Å². The van der Waals surface area contributed by atoms with Crippen molar-refractivity contribution in [2.24, 2.45) is 11.3 Å². The second-order valence-electron chi connectivity index (χ2n) is 8.05. The van der Waals surface area contributed by atoms with Gasteiger partial charge in [-0.05, 0) is 49.6 Å². The largest absolute Gasteiger partial charge is 0.342 e. The minimum atomic E-state index is -0.340. The second kappa shape index (κ2) is 7.18. The molecule has 3 heterocycles. The van der Waals surface area contributed by atoms with Crippen LogP contribution in [0.2, 0.25) is 5.28 Å². The summed E-state index contributed by atoms with van der Waals surface area (Å²) in [4.78, 5) is 33.7. The summed E-state index contributed by atoms with van der Waals surface area (Å²) in [6.07, 6.45) is 7.43. The molecule has 0 radical (unpaired) electrons. The van der Waals surface area contributed by atoms with Gasteiger partial charge in [0.2, 0.25) is 17.1 Å². The molecule has 0 bridgehead atoms. The number of hydrogen-bond donors (Lipinski definition) is 1. The molecule has 1 atom stereocenters. The molecule has 2 amide bonds.